The second-order valence-corrected chi connectivity index (χ2v) is 5.52. The highest BCUT2D eigenvalue weighted by atomic mass is 19.1. The number of anilines is 1. The van der Waals surface area contributed by atoms with Crippen molar-refractivity contribution in [3.63, 3.8) is 0 Å². The van der Waals surface area contributed by atoms with Crippen LogP contribution in [0.4, 0.5) is 14.6 Å². The molecule has 0 aliphatic heterocycles. The molecule has 0 saturated heterocycles. The molecule has 2 N–H and O–H groups in total. The summed E-state index contributed by atoms with van der Waals surface area (Å²) in [5, 5.41) is 4.44. The van der Waals surface area contributed by atoms with Crippen LogP contribution in [0, 0.1) is 17.6 Å². The fraction of sp³-hybridized carbons (Fsp3) is 0.400. The van der Waals surface area contributed by atoms with Crippen LogP contribution in [0.1, 0.15) is 31.4 Å². The normalized spacial score (nSPS) is 16.4. The second kappa shape index (κ2) is 4.58. The van der Waals surface area contributed by atoms with E-state index >= 15 is 0 Å². The number of nitrogens with zero attached hydrogens (tertiary/aromatic N) is 2. The van der Waals surface area contributed by atoms with E-state index in [1.165, 1.54) is 25.0 Å². The Kier molecular flexibility index (Phi) is 3.00. The van der Waals surface area contributed by atoms with Gasteiger partial charge in [-0.2, -0.15) is 5.10 Å². The maximum absolute atomic E-state index is 14.1. The number of nitrogen functional groups attached to an aromatic ring is 1. The van der Waals surface area contributed by atoms with Crippen LogP contribution in [0.2, 0.25) is 0 Å². The highest BCUT2D eigenvalue weighted by Gasteiger charge is 2.33. The summed E-state index contributed by atoms with van der Waals surface area (Å²) in [6.07, 6.45) is 2.34. The lowest BCUT2D eigenvalue weighted by atomic mass is 9.94. The highest BCUT2D eigenvalue weighted by Crippen LogP contribution is 2.46. The van der Waals surface area contributed by atoms with E-state index in [9.17, 15) is 8.78 Å². The zero-order chi connectivity index (χ0) is 14.4. The number of aryl methyl sites for hydroxylation is 1. The van der Waals surface area contributed by atoms with Crippen molar-refractivity contribution in [3.05, 3.63) is 35.5 Å². The number of rotatable bonds is 3. The number of halogens is 2. The molecule has 1 aliphatic rings. The third-order valence-electron chi connectivity index (χ3n) is 4.08. The lowest BCUT2D eigenvalue weighted by Gasteiger charge is -2.11. The lowest BCUT2D eigenvalue weighted by molar-refractivity contribution is 0.584. The molecule has 1 aromatic heterocycles. The zero-order valence-electron chi connectivity index (χ0n) is 11.5. The molecule has 1 fully saturated rings. The van der Waals surface area contributed by atoms with Crippen molar-refractivity contribution in [1.82, 2.24) is 9.78 Å². The summed E-state index contributed by atoms with van der Waals surface area (Å²) < 4.78 is 28.7. The van der Waals surface area contributed by atoms with E-state index in [0.29, 0.717) is 22.9 Å². The van der Waals surface area contributed by atoms with E-state index in [1.807, 2.05) is 0 Å². The van der Waals surface area contributed by atoms with Crippen LogP contribution in [0.3, 0.4) is 0 Å². The van der Waals surface area contributed by atoms with E-state index in [-0.39, 0.29) is 5.92 Å². The van der Waals surface area contributed by atoms with Crippen molar-refractivity contribution in [2.24, 2.45) is 13.0 Å². The van der Waals surface area contributed by atoms with Gasteiger partial charge < -0.3 is 5.73 Å². The van der Waals surface area contributed by atoms with Crippen LogP contribution >= 0.6 is 0 Å². The minimum absolute atomic E-state index is 0.234. The molecule has 1 unspecified atom stereocenters. The van der Waals surface area contributed by atoms with Gasteiger partial charge in [0.1, 0.15) is 17.5 Å². The largest absolute Gasteiger partial charge is 0.383 e. The number of benzene rings is 1. The number of hydrogen-bond acceptors (Lipinski definition) is 2. The first-order valence-corrected chi connectivity index (χ1v) is 6.76. The van der Waals surface area contributed by atoms with Crippen LogP contribution in [0.15, 0.2) is 18.2 Å². The van der Waals surface area contributed by atoms with Crippen LogP contribution < -0.4 is 5.73 Å². The Labute approximate surface area is 116 Å². The second-order valence-electron chi connectivity index (χ2n) is 5.52. The molecule has 3 nitrogen and oxygen atoms in total. The zero-order valence-corrected chi connectivity index (χ0v) is 11.5. The topological polar surface area (TPSA) is 43.8 Å². The quantitative estimate of drug-likeness (QED) is 0.933. The molecule has 0 radical (unpaired) electrons. The van der Waals surface area contributed by atoms with Crippen molar-refractivity contribution in [2.45, 2.75) is 25.7 Å². The predicted molar refractivity (Wildman–Crippen MR) is 74.1 cm³/mol. The first-order valence-electron chi connectivity index (χ1n) is 6.76. The van der Waals surface area contributed by atoms with E-state index in [2.05, 4.69) is 12.0 Å². The summed E-state index contributed by atoms with van der Waals surface area (Å²) in [6, 6.07) is 3.56. The third kappa shape index (κ3) is 2.07. The fourth-order valence-corrected chi connectivity index (χ4v) is 2.66. The van der Waals surface area contributed by atoms with Crippen molar-refractivity contribution < 1.29 is 8.78 Å². The predicted octanol–water partition coefficient (Wildman–Crippen LogP) is 3.46. The van der Waals surface area contributed by atoms with Gasteiger partial charge in [0.05, 0.1) is 11.3 Å². The minimum atomic E-state index is -0.603. The Morgan fingerprint density at radius 3 is 2.65 bits per heavy atom. The van der Waals surface area contributed by atoms with Crippen LogP contribution in [0.5, 0.6) is 0 Å². The standard InChI is InChI=1S/C15H17F2N3/c1-8(9-3-4-9)14-13(15(18)20(2)19-14)11-6-5-10(16)7-12(11)17/h5-9H,3-4,18H2,1-2H3. The molecule has 1 heterocycles. The average molecular weight is 277 g/mol. The maximum atomic E-state index is 14.1. The molecule has 106 valence electrons. The van der Waals surface area contributed by atoms with Gasteiger partial charge in [-0.25, -0.2) is 8.78 Å². The molecule has 1 atom stereocenters. The highest BCUT2D eigenvalue weighted by molar-refractivity contribution is 5.77. The molecule has 1 aliphatic carbocycles. The van der Waals surface area contributed by atoms with Gasteiger partial charge in [0.25, 0.3) is 0 Å². The summed E-state index contributed by atoms with van der Waals surface area (Å²) in [5.41, 5.74) is 7.76. The summed E-state index contributed by atoms with van der Waals surface area (Å²) in [6.45, 7) is 2.09. The Bertz CT molecular complexity index is 659. The fourth-order valence-electron chi connectivity index (χ4n) is 2.66. The smallest absolute Gasteiger partial charge is 0.134 e. The van der Waals surface area contributed by atoms with Gasteiger partial charge in [0.15, 0.2) is 0 Å². The first-order chi connectivity index (χ1) is 9.49. The summed E-state index contributed by atoms with van der Waals surface area (Å²) in [4.78, 5) is 0. The molecule has 20 heavy (non-hydrogen) atoms. The summed E-state index contributed by atoms with van der Waals surface area (Å²) in [5.74, 6) is 0.0435. The average Bonchev–Trinajstić information content (AvgIpc) is 3.19. The number of aromatic nitrogens is 2. The molecular weight excluding hydrogens is 260 g/mol. The Morgan fingerprint density at radius 1 is 1.35 bits per heavy atom. The van der Waals surface area contributed by atoms with Crippen molar-refractivity contribution in [1.29, 1.82) is 0 Å². The lowest BCUT2D eigenvalue weighted by Crippen LogP contribution is -2.00. The molecular formula is C15H17F2N3. The first kappa shape index (κ1) is 13.1. The summed E-state index contributed by atoms with van der Waals surface area (Å²) in [7, 11) is 1.74. The molecule has 1 aromatic carbocycles. The van der Waals surface area contributed by atoms with E-state index in [4.69, 9.17) is 5.73 Å². The molecule has 2 aromatic rings. The van der Waals surface area contributed by atoms with Crippen LogP contribution in [0.25, 0.3) is 11.1 Å². The van der Waals surface area contributed by atoms with Crippen molar-refractivity contribution in [2.75, 3.05) is 5.73 Å². The molecule has 0 bridgehead atoms. The van der Waals surface area contributed by atoms with Gasteiger partial charge >= 0.3 is 0 Å². The minimum Gasteiger partial charge on any atom is -0.383 e. The molecule has 0 amide bonds. The molecule has 1 saturated carbocycles. The van der Waals surface area contributed by atoms with Gasteiger partial charge in [-0.1, -0.05) is 6.92 Å². The van der Waals surface area contributed by atoms with E-state index < -0.39 is 11.6 Å². The van der Waals surface area contributed by atoms with E-state index in [1.54, 1.807) is 11.7 Å². The van der Waals surface area contributed by atoms with Crippen LogP contribution in [-0.2, 0) is 7.05 Å². The van der Waals surface area contributed by atoms with Gasteiger partial charge in [0.2, 0.25) is 0 Å². The summed E-state index contributed by atoms with van der Waals surface area (Å²) >= 11 is 0. The molecule has 3 rings (SSSR count). The van der Waals surface area contributed by atoms with Crippen molar-refractivity contribution in [3.8, 4) is 11.1 Å². The van der Waals surface area contributed by atoms with Gasteiger partial charge in [-0.3, -0.25) is 4.68 Å². The number of hydrogen-bond donors (Lipinski definition) is 1. The van der Waals surface area contributed by atoms with Gasteiger partial charge in [0, 0.05) is 24.6 Å². The number of nitrogens with two attached hydrogens (primary N) is 1. The Balaban J connectivity index is 2.16. The van der Waals surface area contributed by atoms with Gasteiger partial charge in [-0.05, 0) is 30.9 Å². The maximum Gasteiger partial charge on any atom is 0.134 e. The van der Waals surface area contributed by atoms with Gasteiger partial charge in [-0.15, -0.1) is 0 Å². The molecule has 0 spiro atoms. The van der Waals surface area contributed by atoms with Crippen molar-refractivity contribution >= 4 is 5.82 Å². The monoisotopic (exact) mass is 277 g/mol. The van der Waals surface area contributed by atoms with E-state index in [0.717, 1.165) is 11.8 Å². The SMILES string of the molecule is CC(c1nn(C)c(N)c1-c1ccc(F)cc1F)C1CC1. The van der Waals surface area contributed by atoms with Crippen LogP contribution in [-0.4, -0.2) is 9.78 Å². The Hall–Kier alpha value is -1.91. The Morgan fingerprint density at radius 2 is 2.05 bits per heavy atom. The third-order valence-corrected chi connectivity index (χ3v) is 4.08. The molecule has 5 heteroatoms.